The molecule has 1 aliphatic carbocycles. The first kappa shape index (κ1) is 16.9. The molecule has 1 amide bonds. The van der Waals surface area contributed by atoms with Gasteiger partial charge in [0.1, 0.15) is 6.54 Å². The van der Waals surface area contributed by atoms with Gasteiger partial charge in [0.2, 0.25) is 5.78 Å². The number of Topliss-reactive ketones (excluding diaryl/α,β-unsaturated/α-hetero) is 1. The molecule has 0 bridgehead atoms. The maximum atomic E-state index is 13.1. The van der Waals surface area contributed by atoms with Gasteiger partial charge in [0, 0.05) is 6.20 Å². The zero-order chi connectivity index (χ0) is 17.5. The highest BCUT2D eigenvalue weighted by Crippen LogP contribution is 2.48. The lowest BCUT2D eigenvalue weighted by molar-refractivity contribution is -0.139. The van der Waals surface area contributed by atoms with Crippen molar-refractivity contribution >= 4 is 17.4 Å². The number of hydrogen-bond donors (Lipinski definition) is 1. The topological polar surface area (TPSA) is 65.5 Å². The molecular formula is C19H27N3O2. The molecule has 1 fully saturated rings. The average Bonchev–Trinajstić information content (AvgIpc) is 3.15. The van der Waals surface area contributed by atoms with E-state index in [0.717, 1.165) is 18.6 Å². The monoisotopic (exact) mass is 329 g/mol. The molecule has 130 valence electrons. The number of amides is 1. The van der Waals surface area contributed by atoms with Gasteiger partial charge in [0.15, 0.2) is 0 Å². The molecular weight excluding hydrogens is 302 g/mol. The Bertz CT molecular complexity index is 664. The van der Waals surface area contributed by atoms with E-state index in [1.54, 1.807) is 18.3 Å². The van der Waals surface area contributed by atoms with Crippen LogP contribution in [0, 0.1) is 23.2 Å². The predicted molar refractivity (Wildman–Crippen MR) is 93.7 cm³/mol. The van der Waals surface area contributed by atoms with Crippen LogP contribution in [0.2, 0.25) is 0 Å². The van der Waals surface area contributed by atoms with Gasteiger partial charge in [-0.3, -0.25) is 9.59 Å². The van der Waals surface area contributed by atoms with E-state index in [9.17, 15) is 9.59 Å². The predicted octanol–water partition coefficient (Wildman–Crippen LogP) is 3.49. The molecule has 1 unspecified atom stereocenters. The van der Waals surface area contributed by atoms with Gasteiger partial charge in [0.25, 0.3) is 5.91 Å². The molecule has 2 aliphatic rings. The van der Waals surface area contributed by atoms with Crippen molar-refractivity contribution in [1.82, 2.24) is 9.99 Å². The number of aromatic amines is 1. The van der Waals surface area contributed by atoms with E-state index in [2.05, 4.69) is 23.9 Å². The Labute approximate surface area is 143 Å². The Hall–Kier alpha value is -1.91. The second-order valence-corrected chi connectivity index (χ2v) is 7.76. The summed E-state index contributed by atoms with van der Waals surface area (Å²) in [5.74, 6) is 1.30. The number of nitrogens with zero attached hydrogens (tertiary/aromatic N) is 2. The van der Waals surface area contributed by atoms with Crippen molar-refractivity contribution in [3.8, 4) is 0 Å². The third-order valence-corrected chi connectivity index (χ3v) is 6.09. The first-order valence-corrected chi connectivity index (χ1v) is 8.88. The highest BCUT2D eigenvalue weighted by Gasteiger charge is 2.53. The molecule has 24 heavy (non-hydrogen) atoms. The van der Waals surface area contributed by atoms with Crippen LogP contribution in [-0.4, -0.2) is 33.9 Å². The summed E-state index contributed by atoms with van der Waals surface area (Å²) in [7, 11) is 0. The highest BCUT2D eigenvalue weighted by atomic mass is 16.2. The van der Waals surface area contributed by atoms with Crippen molar-refractivity contribution in [3.63, 3.8) is 0 Å². The summed E-state index contributed by atoms with van der Waals surface area (Å²) in [4.78, 5) is 28.4. The lowest BCUT2D eigenvalue weighted by Gasteiger charge is -2.42. The van der Waals surface area contributed by atoms with Crippen molar-refractivity contribution in [2.75, 3.05) is 6.54 Å². The Morgan fingerprint density at radius 1 is 1.42 bits per heavy atom. The molecule has 0 spiro atoms. The van der Waals surface area contributed by atoms with E-state index in [0.29, 0.717) is 23.4 Å². The van der Waals surface area contributed by atoms with Gasteiger partial charge in [0.05, 0.1) is 16.8 Å². The first-order chi connectivity index (χ1) is 11.3. The van der Waals surface area contributed by atoms with Crippen LogP contribution in [0.5, 0.6) is 0 Å². The van der Waals surface area contributed by atoms with Crippen LogP contribution in [0.25, 0.3) is 0 Å². The lowest BCUT2D eigenvalue weighted by atomic mass is 9.61. The summed E-state index contributed by atoms with van der Waals surface area (Å²) in [5.41, 5.74) is 0.783. The molecule has 1 N–H and O–H groups in total. The number of hydrogen-bond acceptors (Lipinski definition) is 3. The second-order valence-electron chi connectivity index (χ2n) is 7.76. The van der Waals surface area contributed by atoms with Crippen LogP contribution in [0.15, 0.2) is 23.4 Å². The molecule has 2 heterocycles. The molecule has 4 atom stereocenters. The van der Waals surface area contributed by atoms with Crippen LogP contribution in [0.4, 0.5) is 0 Å². The van der Waals surface area contributed by atoms with Crippen molar-refractivity contribution in [3.05, 3.63) is 24.0 Å². The van der Waals surface area contributed by atoms with Gasteiger partial charge in [-0.1, -0.05) is 26.7 Å². The summed E-state index contributed by atoms with van der Waals surface area (Å²) in [6.45, 7) is 8.47. The van der Waals surface area contributed by atoms with Crippen molar-refractivity contribution in [1.29, 1.82) is 0 Å². The second kappa shape index (κ2) is 6.19. The Morgan fingerprint density at radius 3 is 2.83 bits per heavy atom. The third-order valence-electron chi connectivity index (χ3n) is 6.09. The fourth-order valence-electron chi connectivity index (χ4n) is 4.35. The maximum absolute atomic E-state index is 13.1. The van der Waals surface area contributed by atoms with E-state index < -0.39 is 5.41 Å². The van der Waals surface area contributed by atoms with Crippen molar-refractivity contribution in [2.24, 2.45) is 28.3 Å². The van der Waals surface area contributed by atoms with Gasteiger partial charge in [-0.25, -0.2) is 5.01 Å². The Morgan fingerprint density at radius 2 is 2.17 bits per heavy atom. The van der Waals surface area contributed by atoms with Crippen LogP contribution in [0.1, 0.15) is 57.4 Å². The van der Waals surface area contributed by atoms with Gasteiger partial charge in [-0.2, -0.15) is 5.10 Å². The van der Waals surface area contributed by atoms with Gasteiger partial charge >= 0.3 is 0 Å². The number of hydrazone groups is 1. The molecule has 1 aliphatic heterocycles. The molecule has 0 aromatic carbocycles. The molecule has 1 aromatic heterocycles. The van der Waals surface area contributed by atoms with Crippen LogP contribution in [-0.2, 0) is 4.79 Å². The number of H-pyrrole nitrogens is 1. The van der Waals surface area contributed by atoms with E-state index >= 15 is 0 Å². The van der Waals surface area contributed by atoms with E-state index in [4.69, 9.17) is 0 Å². The molecule has 5 nitrogen and oxygen atoms in total. The molecule has 0 radical (unpaired) electrons. The normalized spacial score (nSPS) is 33.7. The number of aromatic nitrogens is 1. The molecule has 1 saturated carbocycles. The maximum Gasteiger partial charge on any atom is 0.255 e. The number of carbonyl (C=O) groups excluding carboxylic acids is 2. The summed E-state index contributed by atoms with van der Waals surface area (Å²) >= 11 is 0. The molecule has 3 rings (SSSR count). The summed E-state index contributed by atoms with van der Waals surface area (Å²) in [6.07, 6.45) is 5.15. The minimum Gasteiger partial charge on any atom is -0.359 e. The highest BCUT2D eigenvalue weighted by molar-refractivity contribution is 6.12. The first-order valence-electron chi connectivity index (χ1n) is 8.88. The van der Waals surface area contributed by atoms with E-state index in [1.165, 1.54) is 11.4 Å². The largest absolute Gasteiger partial charge is 0.359 e. The molecule has 0 saturated heterocycles. The average molecular weight is 329 g/mol. The van der Waals surface area contributed by atoms with E-state index in [1.807, 2.05) is 13.8 Å². The summed E-state index contributed by atoms with van der Waals surface area (Å²) in [6, 6.07) is 3.51. The van der Waals surface area contributed by atoms with Gasteiger partial charge in [-0.15, -0.1) is 0 Å². The van der Waals surface area contributed by atoms with Gasteiger partial charge in [-0.05, 0) is 50.2 Å². The Kier molecular flexibility index (Phi) is 4.37. The van der Waals surface area contributed by atoms with Crippen molar-refractivity contribution in [2.45, 2.75) is 47.0 Å². The number of carbonyl (C=O) groups is 2. The fourth-order valence-corrected chi connectivity index (χ4v) is 4.35. The van der Waals surface area contributed by atoms with Crippen LogP contribution in [0.3, 0.4) is 0 Å². The Balaban J connectivity index is 1.80. The van der Waals surface area contributed by atoms with Crippen LogP contribution < -0.4 is 0 Å². The zero-order valence-electron chi connectivity index (χ0n) is 15.0. The number of nitrogens with one attached hydrogen (secondary N) is 1. The smallest absolute Gasteiger partial charge is 0.255 e. The third kappa shape index (κ3) is 2.70. The SMILES string of the molecule is CC1=NN(CC(=O)c2ccc[nH]2)C(=O)C1(C)[C@@H]1C[C@H](C)CC[C@@H]1C. The zero-order valence-corrected chi connectivity index (χ0v) is 15.0. The molecule has 5 heteroatoms. The summed E-state index contributed by atoms with van der Waals surface area (Å²) < 4.78 is 0. The summed E-state index contributed by atoms with van der Waals surface area (Å²) in [5, 5.41) is 5.85. The minimum absolute atomic E-state index is 0.00291. The van der Waals surface area contributed by atoms with Gasteiger partial charge < -0.3 is 4.98 Å². The lowest BCUT2D eigenvalue weighted by Crippen LogP contribution is -2.47. The molecule has 1 aromatic rings. The minimum atomic E-state index is -0.579. The number of rotatable bonds is 4. The van der Waals surface area contributed by atoms with Crippen molar-refractivity contribution < 1.29 is 9.59 Å². The number of ketones is 1. The fraction of sp³-hybridized carbons (Fsp3) is 0.632. The standard InChI is InChI=1S/C19H27N3O2/c1-12-7-8-13(2)15(10-12)19(4)14(3)21-22(18(19)24)11-17(23)16-6-5-9-20-16/h5-6,9,12-13,15,20H,7-8,10-11H2,1-4H3/t12-,13+,15-,19?/m1/s1. The van der Waals surface area contributed by atoms with Crippen LogP contribution >= 0.6 is 0 Å². The quantitative estimate of drug-likeness (QED) is 0.859. The van der Waals surface area contributed by atoms with E-state index in [-0.39, 0.29) is 18.2 Å².